The lowest BCUT2D eigenvalue weighted by Crippen LogP contribution is -2.02. The molecule has 0 saturated heterocycles. The second kappa shape index (κ2) is 3.95. The van der Waals surface area contributed by atoms with E-state index in [9.17, 15) is 4.79 Å². The molecule has 2 heterocycles. The fourth-order valence-corrected chi connectivity index (χ4v) is 3.23. The van der Waals surface area contributed by atoms with Crippen molar-refractivity contribution in [1.82, 2.24) is 9.55 Å². The van der Waals surface area contributed by atoms with Gasteiger partial charge in [-0.05, 0) is 32.8 Å². The van der Waals surface area contributed by atoms with Crippen molar-refractivity contribution in [2.45, 2.75) is 32.6 Å². The number of aromatic nitrogens is 2. The summed E-state index contributed by atoms with van der Waals surface area (Å²) in [5.74, 6) is -0.251. The fraction of sp³-hybridized carbons (Fsp3) is 0.385. The molecule has 18 heavy (non-hydrogen) atoms. The van der Waals surface area contributed by atoms with Crippen molar-refractivity contribution in [3.8, 4) is 5.13 Å². The summed E-state index contributed by atoms with van der Waals surface area (Å²) in [6.07, 6.45) is 2.46. The quantitative estimate of drug-likeness (QED) is 0.924. The highest BCUT2D eigenvalue weighted by atomic mass is 32.1. The van der Waals surface area contributed by atoms with E-state index in [1.54, 1.807) is 17.4 Å². The van der Waals surface area contributed by atoms with Gasteiger partial charge in [0.1, 0.15) is 0 Å². The first-order chi connectivity index (χ1) is 8.58. The van der Waals surface area contributed by atoms with E-state index in [1.807, 2.05) is 18.4 Å². The topological polar surface area (TPSA) is 55.1 Å². The minimum absolute atomic E-state index is 0.357. The summed E-state index contributed by atoms with van der Waals surface area (Å²) in [7, 11) is 0. The van der Waals surface area contributed by atoms with Crippen LogP contribution in [0, 0.1) is 13.8 Å². The number of carboxylic acid groups (broad SMARTS) is 1. The van der Waals surface area contributed by atoms with Crippen LogP contribution in [0.25, 0.3) is 5.13 Å². The molecule has 2 aromatic rings. The standard InChI is InChI=1S/C13H14N2O2S/c1-7-5-10(12(16)17)8(2)15(7)13-14-11(6-18-13)9-3-4-9/h5-6,9H,3-4H2,1-2H3,(H,16,17). The van der Waals surface area contributed by atoms with Crippen LogP contribution in [0.2, 0.25) is 0 Å². The number of nitrogens with zero attached hydrogens (tertiary/aromatic N) is 2. The highest BCUT2D eigenvalue weighted by molar-refractivity contribution is 7.12. The molecule has 1 fully saturated rings. The normalized spacial score (nSPS) is 15.0. The van der Waals surface area contributed by atoms with Crippen molar-refractivity contribution in [3.63, 3.8) is 0 Å². The van der Waals surface area contributed by atoms with E-state index in [4.69, 9.17) is 5.11 Å². The van der Waals surface area contributed by atoms with Crippen LogP contribution in [0.3, 0.4) is 0 Å². The number of rotatable bonds is 3. The molecule has 0 unspecified atom stereocenters. The molecule has 4 nitrogen and oxygen atoms in total. The second-order valence-electron chi connectivity index (χ2n) is 4.75. The zero-order valence-corrected chi connectivity index (χ0v) is 11.1. The molecule has 0 bridgehead atoms. The van der Waals surface area contributed by atoms with Crippen molar-refractivity contribution in [3.05, 3.63) is 34.1 Å². The zero-order chi connectivity index (χ0) is 12.9. The van der Waals surface area contributed by atoms with Gasteiger partial charge in [0.2, 0.25) is 0 Å². The second-order valence-corrected chi connectivity index (χ2v) is 5.59. The zero-order valence-electron chi connectivity index (χ0n) is 10.3. The number of aromatic carboxylic acids is 1. The number of thiazole rings is 1. The Hall–Kier alpha value is -1.62. The molecule has 1 aliphatic carbocycles. The average Bonchev–Trinajstić information content (AvgIpc) is 2.98. The van der Waals surface area contributed by atoms with E-state index in [0.717, 1.165) is 22.2 Å². The molecule has 5 heteroatoms. The van der Waals surface area contributed by atoms with E-state index in [-0.39, 0.29) is 0 Å². The highest BCUT2D eigenvalue weighted by Crippen LogP contribution is 2.40. The van der Waals surface area contributed by atoms with Crippen LogP contribution < -0.4 is 0 Å². The van der Waals surface area contributed by atoms with E-state index in [0.29, 0.717) is 11.5 Å². The maximum Gasteiger partial charge on any atom is 0.337 e. The van der Waals surface area contributed by atoms with Crippen molar-refractivity contribution in [2.24, 2.45) is 0 Å². The van der Waals surface area contributed by atoms with Crippen molar-refractivity contribution < 1.29 is 9.90 Å². The molecule has 0 atom stereocenters. The molecule has 0 radical (unpaired) electrons. The van der Waals surface area contributed by atoms with Gasteiger partial charge in [0, 0.05) is 22.7 Å². The number of carbonyl (C=O) groups is 1. The smallest absolute Gasteiger partial charge is 0.337 e. The maximum atomic E-state index is 11.1. The summed E-state index contributed by atoms with van der Waals surface area (Å²) < 4.78 is 1.93. The third-order valence-electron chi connectivity index (χ3n) is 3.36. The summed E-state index contributed by atoms with van der Waals surface area (Å²) in [6.45, 7) is 3.74. The van der Waals surface area contributed by atoms with E-state index >= 15 is 0 Å². The lowest BCUT2D eigenvalue weighted by atomic mass is 10.2. The molecule has 94 valence electrons. The molecule has 1 N–H and O–H groups in total. The minimum Gasteiger partial charge on any atom is -0.478 e. The Balaban J connectivity index is 2.06. The van der Waals surface area contributed by atoms with Crippen molar-refractivity contribution in [2.75, 3.05) is 0 Å². The van der Waals surface area contributed by atoms with Gasteiger partial charge in [0.05, 0.1) is 11.3 Å². The summed E-state index contributed by atoms with van der Waals surface area (Å²) in [4.78, 5) is 15.7. The average molecular weight is 262 g/mol. The molecular weight excluding hydrogens is 248 g/mol. The molecule has 3 rings (SSSR count). The first kappa shape index (κ1) is 11.5. The third-order valence-corrected chi connectivity index (χ3v) is 4.20. The van der Waals surface area contributed by atoms with Gasteiger partial charge in [0.25, 0.3) is 0 Å². The van der Waals surface area contributed by atoms with Crippen LogP contribution in [0.4, 0.5) is 0 Å². The van der Waals surface area contributed by atoms with Gasteiger partial charge < -0.3 is 5.11 Å². The highest BCUT2D eigenvalue weighted by Gasteiger charge is 2.27. The molecule has 0 aromatic carbocycles. The molecule has 0 amide bonds. The minimum atomic E-state index is -0.881. The van der Waals surface area contributed by atoms with Gasteiger partial charge in [-0.2, -0.15) is 0 Å². The Morgan fingerprint density at radius 2 is 2.22 bits per heavy atom. The van der Waals surface area contributed by atoms with Gasteiger partial charge in [-0.15, -0.1) is 11.3 Å². The number of hydrogen-bond donors (Lipinski definition) is 1. The first-order valence-electron chi connectivity index (χ1n) is 5.96. The largest absolute Gasteiger partial charge is 0.478 e. The molecular formula is C13H14N2O2S. The van der Waals surface area contributed by atoms with E-state index in [2.05, 4.69) is 10.4 Å². The van der Waals surface area contributed by atoms with Gasteiger partial charge in [-0.25, -0.2) is 9.78 Å². The number of carboxylic acids is 1. The van der Waals surface area contributed by atoms with Gasteiger partial charge in [-0.1, -0.05) is 0 Å². The Bertz CT molecular complexity index is 623. The SMILES string of the molecule is Cc1cc(C(=O)O)c(C)n1-c1nc(C2CC2)cs1. The van der Waals surface area contributed by atoms with Gasteiger partial charge in [-0.3, -0.25) is 4.57 Å². The van der Waals surface area contributed by atoms with Crippen LogP contribution in [0.5, 0.6) is 0 Å². The molecule has 0 spiro atoms. The Labute approximate surface area is 109 Å². The molecule has 0 aliphatic heterocycles. The Morgan fingerprint density at radius 1 is 1.50 bits per heavy atom. The molecule has 1 saturated carbocycles. The van der Waals surface area contributed by atoms with E-state index in [1.165, 1.54) is 12.8 Å². The summed E-state index contributed by atoms with van der Waals surface area (Å²) in [6, 6.07) is 1.70. The maximum absolute atomic E-state index is 11.1. The van der Waals surface area contributed by atoms with Crippen LogP contribution in [0.15, 0.2) is 11.4 Å². The molecule has 2 aromatic heterocycles. The van der Waals surface area contributed by atoms with Crippen molar-refractivity contribution >= 4 is 17.3 Å². The lowest BCUT2D eigenvalue weighted by Gasteiger charge is -2.04. The first-order valence-corrected chi connectivity index (χ1v) is 6.84. The molecule has 1 aliphatic rings. The number of hydrogen-bond acceptors (Lipinski definition) is 3. The van der Waals surface area contributed by atoms with Crippen molar-refractivity contribution in [1.29, 1.82) is 0 Å². The monoisotopic (exact) mass is 262 g/mol. The lowest BCUT2D eigenvalue weighted by molar-refractivity contribution is 0.0696. The van der Waals surface area contributed by atoms with Gasteiger partial charge in [0.15, 0.2) is 5.13 Å². The summed E-state index contributed by atoms with van der Waals surface area (Å²) in [5.41, 5.74) is 3.17. The van der Waals surface area contributed by atoms with Crippen LogP contribution in [-0.4, -0.2) is 20.6 Å². The number of aryl methyl sites for hydroxylation is 1. The van der Waals surface area contributed by atoms with E-state index < -0.39 is 5.97 Å². The Morgan fingerprint density at radius 3 is 2.78 bits per heavy atom. The predicted molar refractivity (Wildman–Crippen MR) is 69.8 cm³/mol. The third kappa shape index (κ3) is 1.75. The van der Waals surface area contributed by atoms with Crippen LogP contribution >= 0.6 is 11.3 Å². The Kier molecular flexibility index (Phi) is 2.52. The van der Waals surface area contributed by atoms with Gasteiger partial charge >= 0.3 is 5.97 Å². The fourth-order valence-electron chi connectivity index (χ4n) is 2.22. The summed E-state index contributed by atoms with van der Waals surface area (Å²) >= 11 is 1.58. The van der Waals surface area contributed by atoms with Crippen LogP contribution in [0.1, 0.15) is 46.2 Å². The van der Waals surface area contributed by atoms with Crippen LogP contribution in [-0.2, 0) is 0 Å². The summed E-state index contributed by atoms with van der Waals surface area (Å²) in [5, 5.41) is 12.1. The predicted octanol–water partition coefficient (Wildman–Crippen LogP) is 3.13.